The first-order chi connectivity index (χ1) is 16.6. The highest BCUT2D eigenvalue weighted by molar-refractivity contribution is 7.24. The van der Waals surface area contributed by atoms with E-state index < -0.39 is 53.2 Å². The van der Waals surface area contributed by atoms with Gasteiger partial charge >= 0.3 is 11.9 Å². The van der Waals surface area contributed by atoms with Crippen molar-refractivity contribution >= 4 is 20.4 Å². The number of hydrogen-bond acceptors (Lipinski definition) is 9. The molecule has 0 spiro atoms. The fraction of sp³-hybridized carbons (Fsp3) is 0.840. The fourth-order valence-electron chi connectivity index (χ4n) is 5.06. The van der Waals surface area contributed by atoms with E-state index in [1.165, 1.54) is 7.11 Å². The lowest BCUT2D eigenvalue weighted by atomic mass is 9.80. The Morgan fingerprint density at radius 2 is 1.92 bits per heavy atom. The summed E-state index contributed by atoms with van der Waals surface area (Å²) in [7, 11) is 5.21. The average molecular weight is 532 g/mol. The van der Waals surface area contributed by atoms with Crippen LogP contribution in [0.1, 0.15) is 61.3 Å². The number of hydrogen-bond donors (Lipinski definition) is 1. The van der Waals surface area contributed by atoms with Crippen molar-refractivity contribution in [1.82, 2.24) is 4.90 Å². The van der Waals surface area contributed by atoms with Crippen LogP contribution in [-0.2, 0) is 37.8 Å². The highest BCUT2D eigenvalue weighted by Gasteiger charge is 2.50. The number of carboxylic acids is 1. The third-order valence-corrected chi connectivity index (χ3v) is 7.95. The zero-order valence-electron chi connectivity index (χ0n) is 23.1. The number of methoxy groups -OCH3 is 1. The Labute approximate surface area is 215 Å². The average Bonchev–Trinajstić information content (AvgIpc) is 2.78. The van der Waals surface area contributed by atoms with Crippen LogP contribution >= 0.6 is 8.46 Å². The molecular weight excluding hydrogens is 489 g/mol. The second-order valence-electron chi connectivity index (χ2n) is 10.9. The zero-order valence-corrected chi connectivity index (χ0v) is 24.0. The van der Waals surface area contributed by atoms with Gasteiger partial charge in [0.15, 0.2) is 14.8 Å². The Bertz CT molecular complexity index is 860. The Morgan fingerprint density at radius 3 is 2.42 bits per heavy atom. The monoisotopic (exact) mass is 531 g/mol. The highest BCUT2D eigenvalue weighted by atomic mass is 31.1. The number of carbonyl (C=O) groups is 2. The van der Waals surface area contributed by atoms with E-state index in [1.807, 2.05) is 32.8 Å². The van der Waals surface area contributed by atoms with Crippen molar-refractivity contribution in [2.75, 3.05) is 21.2 Å². The van der Waals surface area contributed by atoms with Gasteiger partial charge in [0, 0.05) is 32.9 Å². The molecule has 2 aliphatic heterocycles. The summed E-state index contributed by atoms with van der Waals surface area (Å²) in [6.07, 6.45) is -1.06. The van der Waals surface area contributed by atoms with Crippen molar-refractivity contribution in [3.63, 3.8) is 0 Å². The standard InChI is InChI=1S/C25H42NO9P/c1-13(21(27)28)12-25(7,31-10)20(15(3)18-16(4)22(29)35-24(5,6)34-18)33-23-19(36-30)17(26(8)9)11-14(2)32-23/h13-15,17,19-20,23H,11-12H2,1-10H3,(H,27,28)/t13-,14-,15-,17?,19-,20-,23+,25-/m1/s1. The van der Waals surface area contributed by atoms with Gasteiger partial charge in [-0.05, 0) is 47.7 Å². The Balaban J connectivity index is 2.57. The summed E-state index contributed by atoms with van der Waals surface area (Å²) in [5, 5.41) is 9.62. The summed E-state index contributed by atoms with van der Waals surface area (Å²) in [5.74, 6) is -3.60. The van der Waals surface area contributed by atoms with Crippen LogP contribution in [0.2, 0.25) is 0 Å². The lowest BCUT2D eigenvalue weighted by molar-refractivity contribution is -0.266. The van der Waals surface area contributed by atoms with Gasteiger partial charge in [0.05, 0.1) is 29.3 Å². The Kier molecular flexibility index (Phi) is 10.1. The summed E-state index contributed by atoms with van der Waals surface area (Å²) < 4.78 is 42.4. The molecule has 11 heteroatoms. The van der Waals surface area contributed by atoms with Gasteiger partial charge in [-0.25, -0.2) is 4.79 Å². The summed E-state index contributed by atoms with van der Waals surface area (Å²) in [6, 6.07) is -0.0681. The smallest absolute Gasteiger partial charge is 0.340 e. The number of aliphatic carboxylic acids is 1. The Hall–Kier alpha value is -1.58. The predicted molar refractivity (Wildman–Crippen MR) is 133 cm³/mol. The molecule has 0 radical (unpaired) electrons. The van der Waals surface area contributed by atoms with E-state index in [9.17, 15) is 19.3 Å². The molecule has 1 fully saturated rings. The molecule has 0 amide bonds. The fourth-order valence-corrected chi connectivity index (χ4v) is 5.82. The molecule has 10 nitrogen and oxygen atoms in total. The summed E-state index contributed by atoms with van der Waals surface area (Å²) >= 11 is 0. The van der Waals surface area contributed by atoms with Gasteiger partial charge in [-0.1, -0.05) is 13.8 Å². The number of ether oxygens (including phenoxy) is 5. The number of carboxylic acid groups (broad SMARTS) is 1. The summed E-state index contributed by atoms with van der Waals surface area (Å²) in [6.45, 7) is 12.0. The van der Waals surface area contributed by atoms with E-state index in [4.69, 9.17) is 23.7 Å². The molecule has 0 aromatic heterocycles. The largest absolute Gasteiger partial charge is 0.481 e. The summed E-state index contributed by atoms with van der Waals surface area (Å²) in [4.78, 5) is 26.4. The molecule has 0 bridgehead atoms. The van der Waals surface area contributed by atoms with Gasteiger partial charge in [-0.15, -0.1) is 0 Å². The van der Waals surface area contributed by atoms with E-state index in [2.05, 4.69) is 0 Å². The van der Waals surface area contributed by atoms with Crippen LogP contribution in [0.25, 0.3) is 0 Å². The molecule has 206 valence electrons. The van der Waals surface area contributed by atoms with Crippen molar-refractivity contribution in [3.05, 3.63) is 11.3 Å². The maximum absolute atomic E-state index is 12.6. The van der Waals surface area contributed by atoms with Crippen LogP contribution in [0.4, 0.5) is 0 Å². The van der Waals surface area contributed by atoms with Crippen LogP contribution in [0, 0.1) is 11.8 Å². The minimum Gasteiger partial charge on any atom is -0.481 e. The van der Waals surface area contributed by atoms with Gasteiger partial charge in [0.2, 0.25) is 5.79 Å². The minimum absolute atomic E-state index is 0.0681. The Morgan fingerprint density at radius 1 is 1.31 bits per heavy atom. The lowest BCUT2D eigenvalue weighted by Gasteiger charge is -2.47. The first kappa shape index (κ1) is 30.6. The van der Waals surface area contributed by atoms with Gasteiger partial charge < -0.3 is 33.7 Å². The van der Waals surface area contributed by atoms with Crippen molar-refractivity contribution in [3.8, 4) is 0 Å². The van der Waals surface area contributed by atoms with E-state index in [0.717, 1.165) is 0 Å². The van der Waals surface area contributed by atoms with Gasteiger partial charge in [-0.2, -0.15) is 0 Å². The van der Waals surface area contributed by atoms with Crippen LogP contribution < -0.4 is 0 Å². The number of nitrogens with zero attached hydrogens (tertiary/aromatic N) is 1. The second kappa shape index (κ2) is 11.9. The molecule has 0 aromatic carbocycles. The minimum atomic E-state index is -1.19. The molecule has 0 aromatic rings. The van der Waals surface area contributed by atoms with Gasteiger partial charge in [-0.3, -0.25) is 9.36 Å². The van der Waals surface area contributed by atoms with Crippen molar-refractivity contribution in [2.45, 2.75) is 103 Å². The first-order valence-electron chi connectivity index (χ1n) is 12.3. The lowest BCUT2D eigenvalue weighted by Crippen LogP contribution is -2.57. The first-order valence-corrected chi connectivity index (χ1v) is 13.2. The second-order valence-corrected chi connectivity index (χ2v) is 11.7. The summed E-state index contributed by atoms with van der Waals surface area (Å²) in [5.41, 5.74) is -1.32. The molecule has 1 unspecified atom stereocenters. The maximum Gasteiger partial charge on any atom is 0.340 e. The predicted octanol–water partition coefficient (Wildman–Crippen LogP) is 3.83. The SMILES string of the molecule is CO[C@](C)(C[C@@H](C)C(=O)O)[C@H](O[C@@H]1O[C@H](C)CC(N(C)C)[C@H]1P=O)[C@H](C)C1=C(C)C(=O)OC(C)(C)O1. The quantitative estimate of drug-likeness (QED) is 0.311. The van der Waals surface area contributed by atoms with E-state index >= 15 is 0 Å². The van der Waals surface area contributed by atoms with Crippen LogP contribution in [0.15, 0.2) is 11.3 Å². The van der Waals surface area contributed by atoms with Gasteiger partial charge in [0.25, 0.3) is 0 Å². The topological polar surface area (TPSA) is 121 Å². The normalized spacial score (nSPS) is 30.8. The van der Waals surface area contributed by atoms with Crippen molar-refractivity contribution < 1.29 is 42.9 Å². The third kappa shape index (κ3) is 6.84. The molecule has 2 heterocycles. The van der Waals surface area contributed by atoms with Crippen LogP contribution in [0.3, 0.4) is 0 Å². The number of rotatable bonds is 11. The van der Waals surface area contributed by atoms with Crippen LogP contribution in [-0.4, -0.2) is 84.7 Å². The molecule has 36 heavy (non-hydrogen) atoms. The van der Waals surface area contributed by atoms with E-state index in [0.29, 0.717) is 17.8 Å². The van der Waals surface area contributed by atoms with Gasteiger partial charge in [0.1, 0.15) is 11.4 Å². The molecule has 2 rings (SSSR count). The van der Waals surface area contributed by atoms with Crippen molar-refractivity contribution in [1.29, 1.82) is 0 Å². The van der Waals surface area contributed by atoms with E-state index in [1.54, 1.807) is 34.6 Å². The number of esters is 1. The highest BCUT2D eigenvalue weighted by Crippen LogP contribution is 2.41. The number of cyclic esters (lactones) is 1. The molecule has 1 saturated heterocycles. The molecule has 0 aliphatic carbocycles. The van der Waals surface area contributed by atoms with Crippen LogP contribution in [0.5, 0.6) is 0 Å². The molecular formula is C25H42NO9P. The maximum atomic E-state index is 12.6. The zero-order chi connectivity index (χ0) is 27.6. The van der Waals surface area contributed by atoms with E-state index in [-0.39, 0.29) is 27.0 Å². The number of carbonyl (C=O) groups excluding carboxylic acids is 1. The third-order valence-electron chi connectivity index (χ3n) is 7.12. The molecule has 0 saturated carbocycles. The molecule has 8 atom stereocenters. The molecule has 1 N–H and O–H groups in total. The van der Waals surface area contributed by atoms with Crippen molar-refractivity contribution in [2.24, 2.45) is 11.8 Å². The molecule has 2 aliphatic rings.